The summed E-state index contributed by atoms with van der Waals surface area (Å²) >= 11 is 0. The van der Waals surface area contributed by atoms with Crippen LogP contribution in [0.25, 0.3) is 0 Å². The number of carbonyl (C=O) groups is 1. The Morgan fingerprint density at radius 2 is 2.42 bits per heavy atom. The number of hydrogen-bond acceptors (Lipinski definition) is 4. The second-order valence-electron chi connectivity index (χ2n) is 4.87. The molecule has 1 aliphatic rings. The maximum atomic E-state index is 11.2. The van der Waals surface area contributed by atoms with Crippen molar-refractivity contribution in [1.29, 1.82) is 0 Å². The van der Waals surface area contributed by atoms with Gasteiger partial charge in [-0.2, -0.15) is 5.10 Å². The number of carboxylic acids is 1. The second-order valence-corrected chi connectivity index (χ2v) is 4.87. The number of likely N-dealkylation sites (N-methyl/N-ethyl adjacent to an activating group) is 1. The van der Waals surface area contributed by atoms with Crippen molar-refractivity contribution in [2.45, 2.75) is 19.4 Å². The third-order valence-corrected chi connectivity index (χ3v) is 3.82. The summed E-state index contributed by atoms with van der Waals surface area (Å²) in [6, 6.07) is 1.98. The summed E-state index contributed by atoms with van der Waals surface area (Å²) in [7, 11) is 1.92. The first kappa shape index (κ1) is 14.0. The highest BCUT2D eigenvalue weighted by Gasteiger charge is 2.37. The largest absolute Gasteiger partial charge is 0.481 e. The lowest BCUT2D eigenvalue weighted by Gasteiger charge is -2.29. The third kappa shape index (κ3) is 3.13. The maximum absolute atomic E-state index is 11.2. The zero-order chi connectivity index (χ0) is 13.8. The van der Waals surface area contributed by atoms with Gasteiger partial charge in [-0.05, 0) is 12.6 Å². The van der Waals surface area contributed by atoms with Gasteiger partial charge in [-0.1, -0.05) is 6.92 Å². The van der Waals surface area contributed by atoms with Crippen LogP contribution in [-0.2, 0) is 23.0 Å². The summed E-state index contributed by atoms with van der Waals surface area (Å²) in [5.74, 6) is -1.17. The summed E-state index contributed by atoms with van der Waals surface area (Å²) in [5, 5.41) is 13.3. The molecule has 2 heterocycles. The van der Waals surface area contributed by atoms with Gasteiger partial charge in [0.05, 0.1) is 19.1 Å². The molecular weight excluding hydrogens is 246 g/mol. The molecule has 0 amide bonds. The zero-order valence-corrected chi connectivity index (χ0v) is 11.5. The van der Waals surface area contributed by atoms with Gasteiger partial charge in [0.15, 0.2) is 0 Å². The van der Waals surface area contributed by atoms with Crippen molar-refractivity contribution < 1.29 is 14.6 Å². The molecule has 0 saturated carbocycles. The Kier molecular flexibility index (Phi) is 4.55. The van der Waals surface area contributed by atoms with Crippen LogP contribution in [0.5, 0.6) is 0 Å². The van der Waals surface area contributed by atoms with Crippen LogP contribution in [0.2, 0.25) is 0 Å². The van der Waals surface area contributed by atoms with E-state index in [1.807, 2.05) is 17.8 Å². The number of aryl methyl sites for hydroxylation is 1. The summed E-state index contributed by atoms with van der Waals surface area (Å²) < 4.78 is 7.19. The number of ether oxygens (including phenoxy) is 1. The minimum atomic E-state index is -0.763. The van der Waals surface area contributed by atoms with Gasteiger partial charge in [-0.3, -0.25) is 14.4 Å². The molecule has 19 heavy (non-hydrogen) atoms. The molecule has 1 fully saturated rings. The second kappa shape index (κ2) is 6.16. The number of nitrogens with zero attached hydrogens (tertiary/aromatic N) is 3. The lowest BCUT2D eigenvalue weighted by atomic mass is 10.0. The van der Waals surface area contributed by atoms with E-state index in [-0.39, 0.29) is 6.04 Å². The van der Waals surface area contributed by atoms with E-state index in [4.69, 9.17) is 4.74 Å². The number of aliphatic carboxylic acids is 1. The van der Waals surface area contributed by atoms with Gasteiger partial charge in [0.2, 0.25) is 0 Å². The molecule has 1 aromatic heterocycles. The van der Waals surface area contributed by atoms with E-state index in [1.165, 1.54) is 0 Å². The summed E-state index contributed by atoms with van der Waals surface area (Å²) in [6.07, 6.45) is 2.65. The molecule has 0 bridgehead atoms. The van der Waals surface area contributed by atoms with Crippen LogP contribution < -0.4 is 0 Å². The van der Waals surface area contributed by atoms with Crippen LogP contribution in [0.3, 0.4) is 0 Å². The zero-order valence-electron chi connectivity index (χ0n) is 11.5. The normalized spacial score (nSPS) is 23.1. The van der Waals surface area contributed by atoms with Gasteiger partial charge >= 0.3 is 5.97 Å². The average Bonchev–Trinajstić information content (AvgIpc) is 3.00. The van der Waals surface area contributed by atoms with Crippen molar-refractivity contribution in [2.24, 2.45) is 13.0 Å². The van der Waals surface area contributed by atoms with Gasteiger partial charge < -0.3 is 9.84 Å². The van der Waals surface area contributed by atoms with Crippen molar-refractivity contribution in [2.75, 3.05) is 26.3 Å². The van der Waals surface area contributed by atoms with Crippen LogP contribution in [0.4, 0.5) is 0 Å². The quantitative estimate of drug-likeness (QED) is 0.807. The Labute approximate surface area is 113 Å². The van der Waals surface area contributed by atoms with Crippen LogP contribution in [0.15, 0.2) is 12.3 Å². The van der Waals surface area contributed by atoms with Crippen LogP contribution >= 0.6 is 0 Å². The smallest absolute Gasteiger partial charge is 0.310 e. The van der Waals surface area contributed by atoms with E-state index in [0.29, 0.717) is 13.2 Å². The number of carboxylic acid groups (broad SMARTS) is 1. The van der Waals surface area contributed by atoms with Crippen LogP contribution in [0.1, 0.15) is 12.6 Å². The Balaban J connectivity index is 1.96. The van der Waals surface area contributed by atoms with E-state index >= 15 is 0 Å². The SMILES string of the molecule is CCN(CCc1ccnn1C)C1COCC1C(=O)O. The molecule has 1 aromatic rings. The molecule has 106 valence electrons. The Morgan fingerprint density at radius 1 is 1.63 bits per heavy atom. The van der Waals surface area contributed by atoms with Crippen molar-refractivity contribution in [1.82, 2.24) is 14.7 Å². The van der Waals surface area contributed by atoms with Gasteiger partial charge in [0.25, 0.3) is 0 Å². The fourth-order valence-electron chi connectivity index (χ4n) is 2.60. The predicted molar refractivity (Wildman–Crippen MR) is 69.9 cm³/mol. The highest BCUT2D eigenvalue weighted by molar-refractivity contribution is 5.71. The number of aromatic nitrogens is 2. The minimum Gasteiger partial charge on any atom is -0.481 e. The minimum absolute atomic E-state index is 0.0178. The fraction of sp³-hybridized carbons (Fsp3) is 0.692. The van der Waals surface area contributed by atoms with Gasteiger partial charge in [0.1, 0.15) is 0 Å². The number of hydrogen-bond donors (Lipinski definition) is 1. The summed E-state index contributed by atoms with van der Waals surface area (Å²) in [4.78, 5) is 13.4. The fourth-order valence-corrected chi connectivity index (χ4v) is 2.60. The molecule has 2 unspecified atom stereocenters. The molecule has 2 atom stereocenters. The molecular formula is C13H21N3O3. The molecule has 1 aliphatic heterocycles. The van der Waals surface area contributed by atoms with Crippen molar-refractivity contribution in [3.63, 3.8) is 0 Å². The first-order valence-corrected chi connectivity index (χ1v) is 6.65. The topological polar surface area (TPSA) is 67.6 Å². The predicted octanol–water partition coefficient (Wildman–Crippen LogP) is 0.384. The van der Waals surface area contributed by atoms with E-state index in [0.717, 1.165) is 25.2 Å². The first-order valence-electron chi connectivity index (χ1n) is 6.65. The maximum Gasteiger partial charge on any atom is 0.310 e. The molecule has 0 aromatic carbocycles. The highest BCUT2D eigenvalue weighted by atomic mass is 16.5. The highest BCUT2D eigenvalue weighted by Crippen LogP contribution is 2.20. The van der Waals surface area contributed by atoms with Gasteiger partial charge in [0, 0.05) is 37.9 Å². The standard InChI is InChI=1S/C13H21N3O3/c1-3-16(7-5-10-4-6-14-15(10)2)12-9-19-8-11(12)13(17)18/h4,6,11-12H,3,5,7-9H2,1-2H3,(H,17,18). The van der Waals surface area contributed by atoms with E-state index in [2.05, 4.69) is 16.9 Å². The van der Waals surface area contributed by atoms with Crippen molar-refractivity contribution >= 4 is 5.97 Å². The van der Waals surface area contributed by atoms with Crippen molar-refractivity contribution in [3.05, 3.63) is 18.0 Å². The average molecular weight is 267 g/mol. The van der Waals surface area contributed by atoms with Crippen molar-refractivity contribution in [3.8, 4) is 0 Å². The lowest BCUT2D eigenvalue weighted by Crippen LogP contribution is -2.44. The molecule has 0 spiro atoms. The Bertz CT molecular complexity index is 433. The third-order valence-electron chi connectivity index (χ3n) is 3.82. The molecule has 0 radical (unpaired) electrons. The monoisotopic (exact) mass is 267 g/mol. The Morgan fingerprint density at radius 3 is 3.00 bits per heavy atom. The number of rotatable bonds is 6. The van der Waals surface area contributed by atoms with Crippen LogP contribution in [0, 0.1) is 5.92 Å². The Hall–Kier alpha value is -1.40. The molecule has 0 aliphatic carbocycles. The molecule has 1 N–H and O–H groups in total. The van der Waals surface area contributed by atoms with Gasteiger partial charge in [-0.15, -0.1) is 0 Å². The molecule has 2 rings (SSSR count). The molecule has 6 heteroatoms. The van der Waals surface area contributed by atoms with Crippen LogP contribution in [-0.4, -0.2) is 58.1 Å². The summed E-state index contributed by atoms with van der Waals surface area (Å²) in [5.41, 5.74) is 1.16. The van der Waals surface area contributed by atoms with E-state index < -0.39 is 11.9 Å². The lowest BCUT2D eigenvalue weighted by molar-refractivity contribution is -0.143. The summed E-state index contributed by atoms with van der Waals surface area (Å²) in [6.45, 7) is 4.54. The molecule has 1 saturated heterocycles. The molecule has 6 nitrogen and oxygen atoms in total. The van der Waals surface area contributed by atoms with E-state index in [1.54, 1.807) is 6.20 Å². The first-order chi connectivity index (χ1) is 9.13. The van der Waals surface area contributed by atoms with E-state index in [9.17, 15) is 9.90 Å². The van der Waals surface area contributed by atoms with Gasteiger partial charge in [-0.25, -0.2) is 0 Å².